The molecule has 0 saturated carbocycles. The molecule has 0 aromatic heterocycles. The largest absolute Gasteiger partial charge is 0.492 e. The Hall–Kier alpha value is -0.260. The van der Waals surface area contributed by atoms with Crippen LogP contribution in [0, 0.1) is 0 Å². The van der Waals surface area contributed by atoms with Gasteiger partial charge in [-0.15, -0.1) is 11.6 Å². The molecule has 1 aromatic carbocycles. The normalized spacial score (nSPS) is 11.8. The summed E-state index contributed by atoms with van der Waals surface area (Å²) in [5.41, 5.74) is 0.841. The van der Waals surface area contributed by atoms with Crippen molar-refractivity contribution in [2.45, 2.75) is 25.0 Å². The topological polar surface area (TPSA) is 43.4 Å². The van der Waals surface area contributed by atoms with Gasteiger partial charge in [0, 0.05) is 10.0 Å². The molecule has 0 N–H and O–H groups in total. The summed E-state index contributed by atoms with van der Waals surface area (Å²) in [4.78, 5) is 0. The van der Waals surface area contributed by atoms with Gasteiger partial charge in [-0.2, -0.15) is 0 Å². The van der Waals surface area contributed by atoms with E-state index in [0.717, 1.165) is 10.0 Å². The molecular weight excluding hydrogens is 340 g/mol. The van der Waals surface area contributed by atoms with Crippen molar-refractivity contribution in [1.82, 2.24) is 0 Å². The van der Waals surface area contributed by atoms with Crippen molar-refractivity contribution in [3.05, 3.63) is 28.2 Å². The van der Waals surface area contributed by atoms with Crippen LogP contribution in [-0.4, -0.2) is 26.0 Å². The summed E-state index contributed by atoms with van der Waals surface area (Å²) in [6.07, 6.45) is 0. The molecule has 0 unspecified atom stereocenters. The summed E-state index contributed by atoms with van der Waals surface area (Å²) in [6, 6.07) is 5.48. The highest BCUT2D eigenvalue weighted by atomic mass is 79.9. The lowest BCUT2D eigenvalue weighted by Crippen LogP contribution is -2.22. The van der Waals surface area contributed by atoms with E-state index in [1.807, 2.05) is 12.1 Å². The molecular formula is C12H16BrClO3S. The van der Waals surface area contributed by atoms with E-state index >= 15 is 0 Å². The Morgan fingerprint density at radius 3 is 2.61 bits per heavy atom. The van der Waals surface area contributed by atoms with Crippen LogP contribution in [0.15, 0.2) is 22.7 Å². The molecule has 0 spiro atoms. The third-order valence-electron chi connectivity index (χ3n) is 2.51. The minimum atomic E-state index is -3.06. The molecule has 0 aliphatic carbocycles. The van der Waals surface area contributed by atoms with Gasteiger partial charge in [0.2, 0.25) is 0 Å². The predicted octanol–water partition coefficient (Wildman–Crippen LogP) is 3.39. The zero-order chi connectivity index (χ0) is 13.8. The third kappa shape index (κ3) is 4.44. The van der Waals surface area contributed by atoms with Crippen LogP contribution in [0.25, 0.3) is 0 Å². The quantitative estimate of drug-likeness (QED) is 0.735. The first-order chi connectivity index (χ1) is 8.36. The van der Waals surface area contributed by atoms with Gasteiger partial charge in [-0.3, -0.25) is 0 Å². The van der Waals surface area contributed by atoms with Crippen molar-refractivity contribution in [3.63, 3.8) is 0 Å². The SMILES string of the molecule is CC(C)S(=O)(=O)CCOc1ccc(Br)cc1CCl. The molecule has 0 saturated heterocycles. The maximum absolute atomic E-state index is 11.6. The molecule has 0 aliphatic heterocycles. The number of benzene rings is 1. The highest BCUT2D eigenvalue weighted by molar-refractivity contribution is 9.10. The van der Waals surface area contributed by atoms with E-state index in [9.17, 15) is 8.42 Å². The number of ether oxygens (including phenoxy) is 1. The lowest BCUT2D eigenvalue weighted by molar-refractivity contribution is 0.338. The second-order valence-electron chi connectivity index (χ2n) is 4.15. The average Bonchev–Trinajstić information content (AvgIpc) is 2.30. The van der Waals surface area contributed by atoms with Crippen LogP contribution in [-0.2, 0) is 15.7 Å². The van der Waals surface area contributed by atoms with Crippen molar-refractivity contribution < 1.29 is 13.2 Å². The van der Waals surface area contributed by atoms with Crippen LogP contribution in [0.2, 0.25) is 0 Å². The summed E-state index contributed by atoms with van der Waals surface area (Å²) in [5.74, 6) is 0.973. The van der Waals surface area contributed by atoms with Crippen LogP contribution in [0.3, 0.4) is 0 Å². The molecule has 1 aromatic rings. The van der Waals surface area contributed by atoms with Gasteiger partial charge in [-0.25, -0.2) is 8.42 Å². The molecule has 0 bridgehead atoms. The van der Waals surface area contributed by atoms with Gasteiger partial charge >= 0.3 is 0 Å². The van der Waals surface area contributed by atoms with Gasteiger partial charge in [-0.1, -0.05) is 15.9 Å². The highest BCUT2D eigenvalue weighted by Crippen LogP contribution is 2.24. The van der Waals surface area contributed by atoms with Crippen LogP contribution in [0.1, 0.15) is 19.4 Å². The predicted molar refractivity (Wildman–Crippen MR) is 78.1 cm³/mol. The second-order valence-corrected chi connectivity index (χ2v) is 8.01. The van der Waals surface area contributed by atoms with Crippen LogP contribution >= 0.6 is 27.5 Å². The Labute approximate surface area is 122 Å². The fourth-order valence-electron chi connectivity index (χ4n) is 1.30. The van der Waals surface area contributed by atoms with E-state index in [-0.39, 0.29) is 17.6 Å². The van der Waals surface area contributed by atoms with Crippen LogP contribution in [0.5, 0.6) is 5.75 Å². The molecule has 0 radical (unpaired) electrons. The Kier molecular flexibility index (Phi) is 5.95. The third-order valence-corrected chi connectivity index (χ3v) is 5.46. The first-order valence-corrected chi connectivity index (χ1v) is 8.60. The Balaban J connectivity index is 2.65. The number of hydrogen-bond acceptors (Lipinski definition) is 3. The standard InChI is InChI=1S/C12H16BrClO3S/c1-9(2)18(15,16)6-5-17-12-4-3-11(13)7-10(12)8-14/h3-4,7,9H,5-6,8H2,1-2H3. The molecule has 0 atom stereocenters. The van der Waals surface area contributed by atoms with E-state index in [1.54, 1.807) is 19.9 Å². The van der Waals surface area contributed by atoms with Crippen molar-refractivity contribution in [3.8, 4) is 5.75 Å². The zero-order valence-electron chi connectivity index (χ0n) is 10.3. The number of alkyl halides is 1. The Morgan fingerprint density at radius 1 is 1.39 bits per heavy atom. The molecule has 0 amide bonds. The molecule has 0 fully saturated rings. The smallest absolute Gasteiger partial charge is 0.155 e. The van der Waals surface area contributed by atoms with Gasteiger partial charge in [0.25, 0.3) is 0 Å². The van der Waals surface area contributed by atoms with Crippen LogP contribution in [0.4, 0.5) is 0 Å². The lowest BCUT2D eigenvalue weighted by atomic mass is 10.2. The number of hydrogen-bond donors (Lipinski definition) is 0. The fourth-order valence-corrected chi connectivity index (χ4v) is 2.70. The summed E-state index contributed by atoms with van der Waals surface area (Å²) >= 11 is 9.15. The van der Waals surface area contributed by atoms with Crippen molar-refractivity contribution in [2.75, 3.05) is 12.4 Å². The Bertz CT molecular complexity index is 500. The molecule has 3 nitrogen and oxygen atoms in total. The summed E-state index contributed by atoms with van der Waals surface area (Å²) in [5, 5.41) is -0.376. The van der Waals surface area contributed by atoms with E-state index in [2.05, 4.69) is 15.9 Å². The van der Waals surface area contributed by atoms with E-state index < -0.39 is 9.84 Å². The lowest BCUT2D eigenvalue weighted by Gasteiger charge is -2.12. The first-order valence-electron chi connectivity index (χ1n) is 5.55. The molecule has 0 aliphatic rings. The van der Waals surface area contributed by atoms with Crippen molar-refractivity contribution in [2.24, 2.45) is 0 Å². The maximum atomic E-state index is 11.6. The van der Waals surface area contributed by atoms with Gasteiger partial charge in [-0.05, 0) is 32.0 Å². The molecule has 18 heavy (non-hydrogen) atoms. The average molecular weight is 356 g/mol. The minimum absolute atomic E-state index is 0.0163. The summed E-state index contributed by atoms with van der Waals surface area (Å²) in [6.45, 7) is 3.48. The second kappa shape index (κ2) is 6.78. The first kappa shape index (κ1) is 15.8. The van der Waals surface area contributed by atoms with Gasteiger partial charge < -0.3 is 4.74 Å². The summed E-state index contributed by atoms with van der Waals surface area (Å²) < 4.78 is 29.6. The Morgan fingerprint density at radius 2 is 2.06 bits per heavy atom. The number of sulfone groups is 1. The van der Waals surface area contributed by atoms with E-state index in [0.29, 0.717) is 11.6 Å². The zero-order valence-corrected chi connectivity index (χ0v) is 13.5. The van der Waals surface area contributed by atoms with Crippen LogP contribution < -0.4 is 4.74 Å². The molecule has 0 heterocycles. The maximum Gasteiger partial charge on any atom is 0.155 e. The number of halogens is 2. The molecule has 6 heteroatoms. The summed E-state index contributed by atoms with van der Waals surface area (Å²) in [7, 11) is -3.06. The van der Waals surface area contributed by atoms with Gasteiger partial charge in [0.15, 0.2) is 9.84 Å². The molecule has 102 valence electrons. The van der Waals surface area contributed by atoms with E-state index in [4.69, 9.17) is 16.3 Å². The van der Waals surface area contributed by atoms with Gasteiger partial charge in [0.05, 0.1) is 16.9 Å². The fraction of sp³-hybridized carbons (Fsp3) is 0.500. The van der Waals surface area contributed by atoms with Crippen molar-refractivity contribution in [1.29, 1.82) is 0 Å². The number of rotatable bonds is 6. The van der Waals surface area contributed by atoms with E-state index in [1.165, 1.54) is 0 Å². The highest BCUT2D eigenvalue weighted by Gasteiger charge is 2.16. The molecule has 1 rings (SSSR count). The van der Waals surface area contributed by atoms with Crippen molar-refractivity contribution >= 4 is 37.4 Å². The van der Waals surface area contributed by atoms with Gasteiger partial charge in [0.1, 0.15) is 12.4 Å². The monoisotopic (exact) mass is 354 g/mol. The minimum Gasteiger partial charge on any atom is -0.492 e.